The molecule has 2 aliphatic heterocycles. The highest BCUT2D eigenvalue weighted by Crippen LogP contribution is 2.26. The molecule has 2 aliphatic rings. The lowest BCUT2D eigenvalue weighted by Gasteiger charge is -2.31. The molecule has 0 unspecified atom stereocenters. The molecule has 0 radical (unpaired) electrons. The van der Waals surface area contributed by atoms with Crippen LogP contribution < -0.4 is 5.32 Å². The fourth-order valence-electron chi connectivity index (χ4n) is 4.42. The van der Waals surface area contributed by atoms with Gasteiger partial charge in [0, 0.05) is 25.2 Å². The normalized spacial score (nSPS) is 20.7. The van der Waals surface area contributed by atoms with E-state index in [-0.39, 0.29) is 17.7 Å². The van der Waals surface area contributed by atoms with Crippen molar-refractivity contribution in [2.45, 2.75) is 44.3 Å². The van der Waals surface area contributed by atoms with Crippen molar-refractivity contribution >= 4 is 17.7 Å². The SMILES string of the molecule is O=C(NCc1ccccc1)[C@@H]1CCCN1C(=O)[C@H]1CCCN1C(=O)c1ccc(F)cc1. The molecule has 2 heterocycles. The van der Waals surface area contributed by atoms with Gasteiger partial charge in [0.05, 0.1) is 0 Å². The lowest BCUT2D eigenvalue weighted by molar-refractivity contribution is -0.141. The smallest absolute Gasteiger partial charge is 0.254 e. The first-order valence-corrected chi connectivity index (χ1v) is 10.7. The van der Waals surface area contributed by atoms with E-state index in [1.165, 1.54) is 24.3 Å². The van der Waals surface area contributed by atoms with E-state index < -0.39 is 17.9 Å². The minimum Gasteiger partial charge on any atom is -0.350 e. The van der Waals surface area contributed by atoms with Crippen LogP contribution in [0.5, 0.6) is 0 Å². The maximum Gasteiger partial charge on any atom is 0.254 e. The van der Waals surface area contributed by atoms with Gasteiger partial charge in [0.15, 0.2) is 0 Å². The fourth-order valence-corrected chi connectivity index (χ4v) is 4.42. The van der Waals surface area contributed by atoms with Crippen LogP contribution >= 0.6 is 0 Å². The zero-order chi connectivity index (χ0) is 21.8. The zero-order valence-corrected chi connectivity index (χ0v) is 17.3. The van der Waals surface area contributed by atoms with Crippen LogP contribution in [-0.2, 0) is 16.1 Å². The first-order chi connectivity index (χ1) is 15.0. The lowest BCUT2D eigenvalue weighted by Crippen LogP contribution is -2.52. The van der Waals surface area contributed by atoms with Crippen molar-refractivity contribution in [1.82, 2.24) is 15.1 Å². The van der Waals surface area contributed by atoms with Crippen LogP contribution in [0.4, 0.5) is 4.39 Å². The zero-order valence-electron chi connectivity index (χ0n) is 17.3. The summed E-state index contributed by atoms with van der Waals surface area (Å²) in [7, 11) is 0. The van der Waals surface area contributed by atoms with Crippen molar-refractivity contribution in [3.63, 3.8) is 0 Å². The quantitative estimate of drug-likeness (QED) is 0.804. The minimum atomic E-state index is -0.583. The third kappa shape index (κ3) is 4.60. The Morgan fingerprint density at radius 3 is 2.23 bits per heavy atom. The summed E-state index contributed by atoms with van der Waals surface area (Å²) in [5.41, 5.74) is 1.36. The van der Waals surface area contributed by atoms with Gasteiger partial charge < -0.3 is 15.1 Å². The summed E-state index contributed by atoms with van der Waals surface area (Å²) in [6.07, 6.45) is 2.67. The van der Waals surface area contributed by atoms with Crippen LogP contribution in [0.25, 0.3) is 0 Å². The van der Waals surface area contributed by atoms with E-state index in [1.807, 2.05) is 30.3 Å². The Hall–Kier alpha value is -3.22. The second-order valence-corrected chi connectivity index (χ2v) is 8.06. The van der Waals surface area contributed by atoms with Crippen LogP contribution in [0, 0.1) is 5.82 Å². The summed E-state index contributed by atoms with van der Waals surface area (Å²) >= 11 is 0. The first kappa shape index (κ1) is 21.0. The third-order valence-corrected chi connectivity index (χ3v) is 6.04. The van der Waals surface area contributed by atoms with Crippen molar-refractivity contribution in [2.24, 2.45) is 0 Å². The number of halogens is 1. The minimum absolute atomic E-state index is 0.163. The Kier molecular flexibility index (Phi) is 6.30. The van der Waals surface area contributed by atoms with Gasteiger partial charge in [-0.1, -0.05) is 30.3 Å². The Morgan fingerprint density at radius 1 is 0.871 bits per heavy atom. The van der Waals surface area contributed by atoms with Gasteiger partial charge in [-0.3, -0.25) is 14.4 Å². The number of amides is 3. The van der Waals surface area contributed by atoms with Gasteiger partial charge in [-0.2, -0.15) is 0 Å². The monoisotopic (exact) mass is 423 g/mol. The molecule has 0 aliphatic carbocycles. The largest absolute Gasteiger partial charge is 0.350 e. The molecule has 0 saturated carbocycles. The van der Waals surface area contributed by atoms with Crippen molar-refractivity contribution in [3.05, 3.63) is 71.5 Å². The molecule has 3 amide bonds. The highest BCUT2D eigenvalue weighted by Gasteiger charge is 2.42. The number of carbonyl (C=O) groups is 3. The number of hydrogen-bond acceptors (Lipinski definition) is 3. The molecule has 2 aromatic rings. The van der Waals surface area contributed by atoms with E-state index in [1.54, 1.807) is 9.80 Å². The molecule has 7 heteroatoms. The van der Waals surface area contributed by atoms with Crippen LogP contribution in [-0.4, -0.2) is 52.7 Å². The van der Waals surface area contributed by atoms with Gasteiger partial charge >= 0.3 is 0 Å². The van der Waals surface area contributed by atoms with E-state index in [0.29, 0.717) is 38.0 Å². The average Bonchev–Trinajstić information content (AvgIpc) is 3.48. The maximum atomic E-state index is 13.3. The predicted octanol–water partition coefficient (Wildman–Crippen LogP) is 2.74. The Morgan fingerprint density at radius 2 is 1.52 bits per heavy atom. The van der Waals surface area contributed by atoms with Crippen LogP contribution in [0.15, 0.2) is 54.6 Å². The number of likely N-dealkylation sites (tertiary alicyclic amines) is 2. The maximum absolute atomic E-state index is 13.3. The number of hydrogen-bond donors (Lipinski definition) is 1. The van der Waals surface area contributed by atoms with Gasteiger partial charge in [0.2, 0.25) is 11.8 Å². The first-order valence-electron chi connectivity index (χ1n) is 10.7. The summed E-state index contributed by atoms with van der Waals surface area (Å²) < 4.78 is 13.2. The van der Waals surface area contributed by atoms with Gasteiger partial charge in [-0.05, 0) is 55.5 Å². The molecule has 2 aromatic carbocycles. The molecule has 2 saturated heterocycles. The van der Waals surface area contributed by atoms with E-state index in [2.05, 4.69) is 5.32 Å². The third-order valence-electron chi connectivity index (χ3n) is 6.04. The second-order valence-electron chi connectivity index (χ2n) is 8.06. The van der Waals surface area contributed by atoms with E-state index in [0.717, 1.165) is 18.4 Å². The summed E-state index contributed by atoms with van der Waals surface area (Å²) in [6.45, 7) is 1.40. The molecule has 1 N–H and O–H groups in total. The number of rotatable bonds is 5. The predicted molar refractivity (Wildman–Crippen MR) is 113 cm³/mol. The van der Waals surface area contributed by atoms with Crippen molar-refractivity contribution in [2.75, 3.05) is 13.1 Å². The topological polar surface area (TPSA) is 69.7 Å². The molecule has 0 aromatic heterocycles. The summed E-state index contributed by atoms with van der Waals surface area (Å²) in [5.74, 6) is -1.03. The number of carbonyl (C=O) groups excluding carboxylic acids is 3. The van der Waals surface area contributed by atoms with E-state index in [9.17, 15) is 18.8 Å². The number of nitrogens with one attached hydrogen (secondary N) is 1. The van der Waals surface area contributed by atoms with Crippen molar-refractivity contribution in [3.8, 4) is 0 Å². The molecule has 2 fully saturated rings. The molecule has 0 spiro atoms. The highest BCUT2D eigenvalue weighted by molar-refractivity contribution is 5.99. The number of benzene rings is 2. The molecular weight excluding hydrogens is 397 g/mol. The second kappa shape index (κ2) is 9.29. The van der Waals surface area contributed by atoms with Gasteiger partial charge in [0.1, 0.15) is 17.9 Å². The molecule has 31 heavy (non-hydrogen) atoms. The van der Waals surface area contributed by atoms with Crippen LogP contribution in [0.1, 0.15) is 41.6 Å². The summed E-state index contributed by atoms with van der Waals surface area (Å²) in [4.78, 5) is 42.2. The van der Waals surface area contributed by atoms with E-state index >= 15 is 0 Å². The molecule has 4 rings (SSSR count). The number of nitrogens with zero attached hydrogens (tertiary/aromatic N) is 2. The van der Waals surface area contributed by atoms with E-state index in [4.69, 9.17) is 0 Å². The molecule has 162 valence electrons. The van der Waals surface area contributed by atoms with Crippen LogP contribution in [0.3, 0.4) is 0 Å². The molecule has 2 atom stereocenters. The Labute approximate surface area is 181 Å². The average molecular weight is 423 g/mol. The van der Waals surface area contributed by atoms with Gasteiger partial charge in [0.25, 0.3) is 5.91 Å². The Bertz CT molecular complexity index is 948. The molecule has 0 bridgehead atoms. The van der Waals surface area contributed by atoms with Gasteiger partial charge in [-0.15, -0.1) is 0 Å². The molecule has 6 nitrogen and oxygen atoms in total. The lowest BCUT2D eigenvalue weighted by atomic mass is 10.1. The highest BCUT2D eigenvalue weighted by atomic mass is 19.1. The van der Waals surface area contributed by atoms with Crippen LogP contribution in [0.2, 0.25) is 0 Å². The fraction of sp³-hybridized carbons (Fsp3) is 0.375. The van der Waals surface area contributed by atoms with Crippen molar-refractivity contribution < 1.29 is 18.8 Å². The van der Waals surface area contributed by atoms with Gasteiger partial charge in [-0.25, -0.2) is 4.39 Å². The summed E-state index contributed by atoms with van der Waals surface area (Å²) in [5, 5.41) is 2.93. The summed E-state index contributed by atoms with van der Waals surface area (Å²) in [6, 6.07) is 13.9. The molecular formula is C24H26FN3O3. The van der Waals surface area contributed by atoms with Crippen molar-refractivity contribution in [1.29, 1.82) is 0 Å². The Balaban J connectivity index is 1.42. The standard InChI is InChI=1S/C24H26FN3O3/c25-19-12-10-18(11-13-19)23(30)28-15-5-9-21(28)24(31)27-14-4-8-20(27)22(29)26-16-17-6-2-1-3-7-17/h1-3,6-7,10-13,20-21H,4-5,8-9,14-16H2,(H,26,29)/t20-,21+/m0/s1.